The van der Waals surface area contributed by atoms with E-state index in [1.165, 1.54) is 6.21 Å². The Morgan fingerprint density at radius 3 is 2.00 bits per heavy atom. The van der Waals surface area contributed by atoms with Crippen LogP contribution in [-0.2, 0) is 11.4 Å². The minimum Gasteiger partial charge on any atom is -0.391 e. The smallest absolute Gasteiger partial charge is 0.200 e. The second-order valence-electron chi connectivity index (χ2n) is 3.89. The normalized spacial score (nSPS) is 11.3. The Labute approximate surface area is 112 Å². The summed E-state index contributed by atoms with van der Waals surface area (Å²) in [5.74, 6) is -10.0. The highest BCUT2D eigenvalue weighted by atomic mass is 19.2. The van der Waals surface area contributed by atoms with Crippen LogP contribution in [0.25, 0.3) is 0 Å². The van der Waals surface area contributed by atoms with E-state index in [2.05, 4.69) is 9.99 Å². The van der Waals surface area contributed by atoms with Gasteiger partial charge in [-0.2, -0.15) is 0 Å². The van der Waals surface area contributed by atoms with E-state index in [0.29, 0.717) is 13.0 Å². The summed E-state index contributed by atoms with van der Waals surface area (Å²) in [7, 11) is 0. The molecule has 0 aromatic heterocycles. The van der Waals surface area contributed by atoms with Crippen LogP contribution in [0.15, 0.2) is 5.16 Å². The Balaban J connectivity index is 2.65. The van der Waals surface area contributed by atoms with Gasteiger partial charge in [-0.1, -0.05) is 5.16 Å². The van der Waals surface area contributed by atoms with Gasteiger partial charge in [0, 0.05) is 6.21 Å². The second-order valence-corrected chi connectivity index (χ2v) is 3.89. The van der Waals surface area contributed by atoms with Gasteiger partial charge >= 0.3 is 0 Å². The monoisotopic (exact) mass is 296 g/mol. The fourth-order valence-corrected chi connectivity index (χ4v) is 1.36. The maximum Gasteiger partial charge on any atom is 0.200 e. The number of unbranched alkanes of at least 4 members (excludes halogenated alkanes) is 2. The van der Waals surface area contributed by atoms with Gasteiger partial charge in [0.15, 0.2) is 23.3 Å². The van der Waals surface area contributed by atoms with Gasteiger partial charge < -0.3 is 10.6 Å². The third kappa shape index (κ3) is 3.89. The molecule has 0 atom stereocenters. The average Bonchev–Trinajstić information content (AvgIpc) is 2.45. The first-order valence-corrected chi connectivity index (χ1v) is 5.84. The average molecular weight is 296 g/mol. The molecule has 0 heterocycles. The van der Waals surface area contributed by atoms with Crippen molar-refractivity contribution in [3.05, 3.63) is 34.6 Å². The molecule has 0 saturated carbocycles. The van der Waals surface area contributed by atoms with Crippen LogP contribution in [0.2, 0.25) is 0 Å². The number of nitrogens with zero attached hydrogens (tertiary/aromatic N) is 1. The predicted molar refractivity (Wildman–Crippen MR) is 62.4 cm³/mol. The number of rotatable bonds is 7. The maximum atomic E-state index is 13.2. The summed E-state index contributed by atoms with van der Waals surface area (Å²) in [6.07, 6.45) is 3.41. The third-order valence-corrected chi connectivity index (χ3v) is 2.45. The Bertz CT molecular complexity index is 464. The molecule has 0 aliphatic rings. The molecule has 1 aromatic carbocycles. The van der Waals surface area contributed by atoms with E-state index in [1.54, 1.807) is 0 Å². The Hall–Kier alpha value is -1.70. The van der Waals surface area contributed by atoms with Crippen LogP contribution < -0.4 is 5.73 Å². The van der Waals surface area contributed by atoms with Crippen LogP contribution in [0.1, 0.15) is 24.8 Å². The Morgan fingerprint density at radius 2 is 1.45 bits per heavy atom. The number of hydrogen-bond acceptors (Lipinski definition) is 3. The summed E-state index contributed by atoms with van der Waals surface area (Å²) in [6.45, 7) is -0.321. The fraction of sp³-hybridized carbons (Fsp3) is 0.417. The number of hydrogen-bond donors (Lipinski definition) is 1. The van der Waals surface area contributed by atoms with Crippen LogP contribution in [-0.4, -0.2) is 12.8 Å². The summed E-state index contributed by atoms with van der Waals surface area (Å²) in [5, 5.41) is 3.36. The van der Waals surface area contributed by atoms with Crippen molar-refractivity contribution >= 4 is 6.21 Å². The highest BCUT2D eigenvalue weighted by molar-refractivity contribution is 5.56. The van der Waals surface area contributed by atoms with Crippen LogP contribution in [0, 0.1) is 29.1 Å². The van der Waals surface area contributed by atoms with Gasteiger partial charge in [0.05, 0.1) is 5.56 Å². The lowest BCUT2D eigenvalue weighted by Crippen LogP contribution is -2.07. The second kappa shape index (κ2) is 7.78. The molecule has 3 nitrogen and oxygen atoms in total. The zero-order chi connectivity index (χ0) is 15.1. The number of halogens is 5. The molecule has 112 valence electrons. The molecule has 2 N–H and O–H groups in total. The molecular weight excluding hydrogens is 283 g/mol. The molecule has 0 spiro atoms. The largest absolute Gasteiger partial charge is 0.391 e. The number of benzene rings is 1. The lowest BCUT2D eigenvalue weighted by atomic mass is 10.2. The van der Waals surface area contributed by atoms with Gasteiger partial charge in [-0.05, 0) is 25.8 Å². The van der Waals surface area contributed by atoms with Gasteiger partial charge in [-0.3, -0.25) is 0 Å². The molecule has 0 amide bonds. The van der Waals surface area contributed by atoms with Crippen molar-refractivity contribution in [3.63, 3.8) is 0 Å². The van der Waals surface area contributed by atoms with Gasteiger partial charge in [0.25, 0.3) is 0 Å². The molecule has 0 bridgehead atoms. The lowest BCUT2D eigenvalue weighted by Gasteiger charge is -2.06. The topological polar surface area (TPSA) is 47.6 Å². The Morgan fingerprint density at radius 1 is 0.900 bits per heavy atom. The molecule has 0 saturated heterocycles. The number of nitrogens with two attached hydrogens (primary N) is 1. The minimum absolute atomic E-state index is 0.527. The van der Waals surface area contributed by atoms with Crippen LogP contribution in [0.4, 0.5) is 22.0 Å². The summed E-state index contributed by atoms with van der Waals surface area (Å²) in [4.78, 5) is 4.51. The minimum atomic E-state index is -2.20. The maximum absolute atomic E-state index is 13.2. The van der Waals surface area contributed by atoms with Gasteiger partial charge in [0.1, 0.15) is 6.61 Å². The van der Waals surface area contributed by atoms with E-state index in [1.807, 2.05) is 0 Å². The SMILES string of the molecule is NCCCC/C=N/OCc1c(F)c(F)c(F)c(F)c1F. The van der Waals surface area contributed by atoms with Crippen molar-refractivity contribution in [1.29, 1.82) is 0 Å². The van der Waals surface area contributed by atoms with Crippen molar-refractivity contribution in [1.82, 2.24) is 0 Å². The van der Waals surface area contributed by atoms with E-state index < -0.39 is 41.3 Å². The molecule has 0 aliphatic carbocycles. The molecule has 1 aromatic rings. The van der Waals surface area contributed by atoms with E-state index in [0.717, 1.165) is 12.8 Å². The molecule has 20 heavy (non-hydrogen) atoms. The Kier molecular flexibility index (Phi) is 6.37. The first-order chi connectivity index (χ1) is 9.50. The quantitative estimate of drug-likeness (QED) is 0.210. The summed E-state index contributed by atoms with van der Waals surface area (Å²) in [6, 6.07) is 0. The van der Waals surface area contributed by atoms with Gasteiger partial charge in [-0.25, -0.2) is 22.0 Å². The summed E-state index contributed by atoms with van der Waals surface area (Å²) < 4.78 is 64.9. The zero-order valence-electron chi connectivity index (χ0n) is 10.4. The van der Waals surface area contributed by atoms with E-state index in [-0.39, 0.29) is 0 Å². The van der Waals surface area contributed by atoms with Crippen molar-refractivity contribution in [2.45, 2.75) is 25.9 Å². The molecule has 1 rings (SSSR count). The van der Waals surface area contributed by atoms with E-state index >= 15 is 0 Å². The highest BCUT2D eigenvalue weighted by Crippen LogP contribution is 2.23. The standard InChI is InChI=1S/C12H13F5N2O/c13-8-7(6-20-19-5-3-1-2-4-18)9(14)11(16)12(17)10(8)15/h5H,1-4,6,18H2/b19-5+. The third-order valence-electron chi connectivity index (χ3n) is 2.45. The van der Waals surface area contributed by atoms with Crippen LogP contribution >= 0.6 is 0 Å². The van der Waals surface area contributed by atoms with E-state index in [9.17, 15) is 22.0 Å². The molecule has 0 radical (unpaired) electrons. The van der Waals surface area contributed by atoms with Crippen molar-refractivity contribution in [2.24, 2.45) is 10.9 Å². The zero-order valence-corrected chi connectivity index (χ0v) is 10.4. The molecular formula is C12H13F5N2O. The molecule has 8 heteroatoms. The highest BCUT2D eigenvalue weighted by Gasteiger charge is 2.25. The van der Waals surface area contributed by atoms with Crippen molar-refractivity contribution in [3.8, 4) is 0 Å². The lowest BCUT2D eigenvalue weighted by molar-refractivity contribution is 0.124. The van der Waals surface area contributed by atoms with Gasteiger partial charge in [-0.15, -0.1) is 0 Å². The first-order valence-electron chi connectivity index (χ1n) is 5.84. The van der Waals surface area contributed by atoms with E-state index in [4.69, 9.17) is 5.73 Å². The first kappa shape index (κ1) is 16.4. The molecule has 0 unspecified atom stereocenters. The van der Waals surface area contributed by atoms with Crippen molar-refractivity contribution < 1.29 is 26.8 Å². The number of oxime groups is 1. The fourth-order valence-electron chi connectivity index (χ4n) is 1.36. The summed E-state index contributed by atoms with van der Waals surface area (Å²) >= 11 is 0. The molecule has 0 aliphatic heterocycles. The molecule has 0 fully saturated rings. The van der Waals surface area contributed by atoms with Crippen molar-refractivity contribution in [2.75, 3.05) is 6.54 Å². The van der Waals surface area contributed by atoms with Gasteiger partial charge in [0.2, 0.25) is 5.82 Å². The predicted octanol–water partition coefficient (Wildman–Crippen LogP) is 3.01. The summed E-state index contributed by atoms with van der Waals surface area (Å²) in [5.41, 5.74) is 4.20. The van der Waals surface area contributed by atoms with Crippen LogP contribution in [0.5, 0.6) is 0 Å². The van der Waals surface area contributed by atoms with Crippen LogP contribution in [0.3, 0.4) is 0 Å².